The van der Waals surface area contributed by atoms with Crippen molar-refractivity contribution in [3.8, 4) is 0 Å². The predicted octanol–water partition coefficient (Wildman–Crippen LogP) is 0.581. The molecule has 290 valence electrons. The Morgan fingerprint density at radius 2 is 1.35 bits per heavy atom. The maximum atomic E-state index is 14.4. The molecule has 52 heavy (non-hydrogen) atoms. The van der Waals surface area contributed by atoms with Crippen LogP contribution in [0.4, 0.5) is 0 Å². The molecule has 11 N–H and O–H groups in total. The van der Waals surface area contributed by atoms with E-state index in [2.05, 4.69) is 21.3 Å². The Bertz CT molecular complexity index is 1390. The van der Waals surface area contributed by atoms with Crippen molar-refractivity contribution >= 4 is 35.5 Å². The lowest BCUT2D eigenvalue weighted by Crippen LogP contribution is -2.61. The van der Waals surface area contributed by atoms with Crippen LogP contribution in [0.25, 0.3) is 0 Å². The molecule has 1 heterocycles. The van der Waals surface area contributed by atoms with Crippen molar-refractivity contribution in [2.45, 2.75) is 128 Å². The molecule has 0 unspecified atom stereocenters. The minimum atomic E-state index is -1.17. The zero-order chi connectivity index (χ0) is 38.8. The molecule has 0 aliphatic carbocycles. The van der Waals surface area contributed by atoms with Gasteiger partial charge in [-0.1, -0.05) is 50.3 Å². The van der Waals surface area contributed by atoms with Crippen molar-refractivity contribution in [2.24, 2.45) is 23.1 Å². The number of carboxylic acid groups (broad SMARTS) is 1. The first-order valence-corrected chi connectivity index (χ1v) is 18.3. The Labute approximate surface area is 307 Å². The van der Waals surface area contributed by atoms with Crippen LogP contribution >= 0.6 is 0 Å². The average molecular weight is 729 g/mol. The normalized spacial score (nSPS) is 17.0. The zero-order valence-corrected chi connectivity index (χ0v) is 31.1. The summed E-state index contributed by atoms with van der Waals surface area (Å²) in [6.45, 7) is 7.83. The molecule has 0 radical (unpaired) electrons. The molecule has 1 aromatic carbocycles. The first-order valence-electron chi connectivity index (χ1n) is 18.3. The van der Waals surface area contributed by atoms with Gasteiger partial charge in [-0.25, -0.2) is 4.79 Å². The Morgan fingerprint density at radius 1 is 0.808 bits per heavy atom. The highest BCUT2D eigenvalue weighted by molar-refractivity contribution is 5.96. The number of nitrogens with zero attached hydrogens (tertiary/aromatic N) is 1. The van der Waals surface area contributed by atoms with E-state index in [1.807, 2.05) is 38.1 Å². The summed E-state index contributed by atoms with van der Waals surface area (Å²) in [5, 5.41) is 20.7. The third kappa shape index (κ3) is 14.0. The van der Waals surface area contributed by atoms with Crippen molar-refractivity contribution in [2.75, 3.05) is 13.1 Å². The van der Waals surface area contributed by atoms with Gasteiger partial charge in [-0.3, -0.25) is 24.0 Å². The number of unbranched alkanes of at least 4 members (excludes halogenated alkanes) is 2. The lowest BCUT2D eigenvalue weighted by molar-refractivity contribution is -0.147. The van der Waals surface area contributed by atoms with Gasteiger partial charge >= 0.3 is 5.97 Å². The van der Waals surface area contributed by atoms with E-state index in [9.17, 15) is 33.9 Å². The molecule has 2 rings (SSSR count). The van der Waals surface area contributed by atoms with E-state index in [1.165, 1.54) is 11.8 Å². The fourth-order valence-electron chi connectivity index (χ4n) is 6.01. The molecule has 1 aliphatic rings. The van der Waals surface area contributed by atoms with Crippen LogP contribution in [-0.2, 0) is 41.7 Å². The second kappa shape index (κ2) is 22.6. The number of hydrogen-bond donors (Lipinski definition) is 8. The molecule has 0 spiro atoms. The molecule has 0 saturated carbocycles. The van der Waals surface area contributed by atoms with Crippen LogP contribution in [0.2, 0.25) is 0 Å². The Hall–Kier alpha value is -4.34. The number of nitrogens with two attached hydrogens (primary N) is 3. The molecule has 1 aliphatic heterocycles. The number of aliphatic carboxylic acids is 1. The molecular formula is C37H60N8O7. The van der Waals surface area contributed by atoms with Gasteiger partial charge in [0.25, 0.3) is 0 Å². The van der Waals surface area contributed by atoms with Gasteiger partial charge < -0.3 is 48.5 Å². The molecule has 0 saturated heterocycles. The van der Waals surface area contributed by atoms with E-state index in [4.69, 9.17) is 17.2 Å². The number of carbonyl (C=O) groups is 6. The predicted molar refractivity (Wildman–Crippen MR) is 198 cm³/mol. The van der Waals surface area contributed by atoms with Gasteiger partial charge in [-0.05, 0) is 95.3 Å². The Morgan fingerprint density at radius 3 is 1.85 bits per heavy atom. The minimum Gasteiger partial charge on any atom is -0.480 e. The van der Waals surface area contributed by atoms with E-state index in [0.717, 1.165) is 11.1 Å². The van der Waals surface area contributed by atoms with Gasteiger partial charge in [-0.2, -0.15) is 0 Å². The molecule has 6 atom stereocenters. The van der Waals surface area contributed by atoms with Gasteiger partial charge in [0.1, 0.15) is 30.2 Å². The highest BCUT2D eigenvalue weighted by Crippen LogP contribution is 2.25. The number of nitrogens with one attached hydrogen (secondary N) is 4. The smallest absolute Gasteiger partial charge is 0.326 e. The fraction of sp³-hybridized carbons (Fsp3) is 0.622. The molecule has 0 aromatic heterocycles. The topological polar surface area (TPSA) is 252 Å². The third-order valence-electron chi connectivity index (χ3n) is 8.95. The SMILES string of the molecule is C/C=C/C[C@H](NC(=O)[C@H](CCCCN)NC(=O)[C@H](CCCCN)NC(=O)[C@H](C)N)C(=O)N1Cc2ccccc2C[C@H]1C(=O)N[C@@H](CC(C)C)C(=O)O. The van der Waals surface area contributed by atoms with Gasteiger partial charge in [-0.15, -0.1) is 0 Å². The highest BCUT2D eigenvalue weighted by atomic mass is 16.4. The summed E-state index contributed by atoms with van der Waals surface area (Å²) in [6.07, 6.45) is 6.66. The van der Waals surface area contributed by atoms with E-state index in [-0.39, 0.29) is 44.6 Å². The first kappa shape index (κ1) is 43.8. The van der Waals surface area contributed by atoms with Crippen LogP contribution in [-0.4, -0.2) is 94.9 Å². The van der Waals surface area contributed by atoms with Crippen molar-refractivity contribution in [1.82, 2.24) is 26.2 Å². The summed E-state index contributed by atoms with van der Waals surface area (Å²) in [5.41, 5.74) is 18.8. The number of hydrogen-bond acceptors (Lipinski definition) is 9. The van der Waals surface area contributed by atoms with Crippen LogP contribution in [0.5, 0.6) is 0 Å². The number of carboxylic acids is 1. The molecule has 0 fully saturated rings. The monoisotopic (exact) mass is 728 g/mol. The summed E-state index contributed by atoms with van der Waals surface area (Å²) in [5.74, 6) is -4.03. The zero-order valence-electron chi connectivity index (χ0n) is 31.1. The Balaban J connectivity index is 2.41. The third-order valence-corrected chi connectivity index (χ3v) is 8.95. The number of rotatable bonds is 22. The van der Waals surface area contributed by atoms with Crippen molar-refractivity contribution in [1.29, 1.82) is 0 Å². The molecule has 1 aromatic rings. The second-order valence-electron chi connectivity index (χ2n) is 13.8. The summed E-state index contributed by atoms with van der Waals surface area (Å²) in [7, 11) is 0. The standard InChI is InChI=1S/C37H60N8O7/c1-5-6-15-29(43-34(48)28(17-10-12-19-39)42-33(47)27(16-9-11-18-38)41-32(46)24(4)40)36(50)45-22-26-14-8-7-13-25(26)21-31(45)35(49)44-30(37(51)52)20-23(2)3/h5-8,13-14,23-24,27-31H,9-12,15-22,38-40H2,1-4H3,(H,41,46)(H,42,47)(H,43,48)(H,44,49)(H,51,52)/b6-5+/t24-,27-,28-,29-,30-,31-/m0/s1. The highest BCUT2D eigenvalue weighted by Gasteiger charge is 2.39. The van der Waals surface area contributed by atoms with Crippen LogP contribution in [0.3, 0.4) is 0 Å². The fourth-order valence-corrected chi connectivity index (χ4v) is 6.01. The first-order chi connectivity index (χ1) is 24.7. The van der Waals surface area contributed by atoms with Gasteiger partial charge in [0, 0.05) is 13.0 Å². The number of carbonyl (C=O) groups excluding carboxylic acids is 5. The van der Waals surface area contributed by atoms with Crippen molar-refractivity contribution in [3.63, 3.8) is 0 Å². The summed E-state index contributed by atoms with van der Waals surface area (Å²) >= 11 is 0. The summed E-state index contributed by atoms with van der Waals surface area (Å²) < 4.78 is 0. The maximum absolute atomic E-state index is 14.4. The maximum Gasteiger partial charge on any atom is 0.326 e. The largest absolute Gasteiger partial charge is 0.480 e. The van der Waals surface area contributed by atoms with E-state index >= 15 is 0 Å². The summed E-state index contributed by atoms with van der Waals surface area (Å²) in [6, 6.07) is 1.20. The van der Waals surface area contributed by atoms with Crippen molar-refractivity contribution < 1.29 is 33.9 Å². The van der Waals surface area contributed by atoms with Crippen LogP contribution in [0.1, 0.15) is 90.2 Å². The lowest BCUT2D eigenvalue weighted by Gasteiger charge is -2.38. The molecule has 5 amide bonds. The second-order valence-corrected chi connectivity index (χ2v) is 13.8. The van der Waals surface area contributed by atoms with Crippen LogP contribution in [0, 0.1) is 5.92 Å². The van der Waals surface area contributed by atoms with E-state index in [0.29, 0.717) is 38.8 Å². The molecule has 15 heteroatoms. The van der Waals surface area contributed by atoms with E-state index in [1.54, 1.807) is 19.1 Å². The lowest BCUT2D eigenvalue weighted by atomic mass is 9.92. The minimum absolute atomic E-state index is 0.00774. The molecule has 0 bridgehead atoms. The summed E-state index contributed by atoms with van der Waals surface area (Å²) in [4.78, 5) is 81.5. The van der Waals surface area contributed by atoms with Gasteiger partial charge in [0.05, 0.1) is 6.04 Å². The van der Waals surface area contributed by atoms with E-state index < -0.39 is 71.8 Å². The number of allylic oxidation sites excluding steroid dienone is 1. The van der Waals surface area contributed by atoms with Crippen LogP contribution < -0.4 is 38.5 Å². The number of amides is 5. The quantitative estimate of drug-likeness (QED) is 0.0609. The number of fused-ring (bicyclic) bond motifs is 1. The Kier molecular flexibility index (Phi) is 19.0. The van der Waals surface area contributed by atoms with Gasteiger partial charge in [0.2, 0.25) is 29.5 Å². The number of benzene rings is 1. The average Bonchev–Trinajstić information content (AvgIpc) is 3.10. The molecule has 15 nitrogen and oxygen atoms in total. The molecular weight excluding hydrogens is 668 g/mol. The van der Waals surface area contributed by atoms with Crippen molar-refractivity contribution in [3.05, 3.63) is 47.5 Å². The van der Waals surface area contributed by atoms with Gasteiger partial charge in [0.15, 0.2) is 0 Å². The van der Waals surface area contributed by atoms with Crippen LogP contribution in [0.15, 0.2) is 36.4 Å².